The summed E-state index contributed by atoms with van der Waals surface area (Å²) in [4.78, 5) is 12.6. The van der Waals surface area contributed by atoms with Crippen LogP contribution in [0.3, 0.4) is 0 Å². The standard InChI is InChI=1S/C16H23ClN2O/c1-11-9-14(7-8-18-11)19-15(20)16(2,3)12-5-4-6-13(17)10-12/h4-6,10-11,14,18H,7-9H2,1-3H3,(H,19,20). The third-order valence-electron chi connectivity index (χ3n) is 4.07. The molecule has 1 aromatic carbocycles. The minimum absolute atomic E-state index is 0.0684. The molecule has 2 atom stereocenters. The maximum Gasteiger partial charge on any atom is 0.230 e. The molecule has 1 saturated heterocycles. The molecule has 3 nitrogen and oxygen atoms in total. The van der Waals surface area contributed by atoms with Crippen LogP contribution in [0.2, 0.25) is 5.02 Å². The normalized spacial score (nSPS) is 23.4. The highest BCUT2D eigenvalue weighted by Crippen LogP contribution is 2.26. The van der Waals surface area contributed by atoms with Gasteiger partial charge in [0.2, 0.25) is 5.91 Å². The Balaban J connectivity index is 2.07. The highest BCUT2D eigenvalue weighted by molar-refractivity contribution is 6.30. The Morgan fingerprint density at radius 2 is 2.20 bits per heavy atom. The molecule has 1 aliphatic rings. The van der Waals surface area contributed by atoms with Gasteiger partial charge in [0.15, 0.2) is 0 Å². The molecule has 4 heteroatoms. The Hall–Kier alpha value is -1.06. The van der Waals surface area contributed by atoms with Crippen molar-refractivity contribution in [1.29, 1.82) is 0 Å². The summed E-state index contributed by atoms with van der Waals surface area (Å²) in [5.74, 6) is 0.0684. The highest BCUT2D eigenvalue weighted by atomic mass is 35.5. The molecule has 2 unspecified atom stereocenters. The Bertz CT molecular complexity index is 487. The van der Waals surface area contributed by atoms with Crippen LogP contribution in [0.1, 0.15) is 39.2 Å². The van der Waals surface area contributed by atoms with E-state index in [0.29, 0.717) is 11.1 Å². The van der Waals surface area contributed by atoms with Gasteiger partial charge in [0.1, 0.15) is 0 Å². The fraction of sp³-hybridized carbons (Fsp3) is 0.562. The summed E-state index contributed by atoms with van der Waals surface area (Å²) in [6.07, 6.45) is 1.97. The second-order valence-corrected chi connectivity index (χ2v) is 6.62. The van der Waals surface area contributed by atoms with Crippen LogP contribution in [0, 0.1) is 0 Å². The summed E-state index contributed by atoms with van der Waals surface area (Å²) in [6.45, 7) is 7.00. The van der Waals surface area contributed by atoms with E-state index in [9.17, 15) is 4.79 Å². The molecule has 1 heterocycles. The van der Waals surface area contributed by atoms with Crippen molar-refractivity contribution in [1.82, 2.24) is 10.6 Å². The summed E-state index contributed by atoms with van der Waals surface area (Å²) in [6, 6.07) is 8.26. The van der Waals surface area contributed by atoms with E-state index in [1.165, 1.54) is 0 Å². The Morgan fingerprint density at radius 1 is 1.45 bits per heavy atom. The molecule has 1 aromatic rings. The van der Waals surface area contributed by atoms with Gasteiger partial charge in [0.25, 0.3) is 0 Å². The average molecular weight is 295 g/mol. The lowest BCUT2D eigenvalue weighted by Crippen LogP contribution is -2.50. The van der Waals surface area contributed by atoms with Crippen molar-refractivity contribution >= 4 is 17.5 Å². The predicted molar refractivity (Wildman–Crippen MR) is 83.1 cm³/mol. The van der Waals surface area contributed by atoms with Crippen molar-refractivity contribution in [3.63, 3.8) is 0 Å². The van der Waals surface area contributed by atoms with Crippen molar-refractivity contribution in [2.75, 3.05) is 6.54 Å². The molecule has 0 aliphatic carbocycles. The van der Waals surface area contributed by atoms with E-state index in [0.717, 1.165) is 24.9 Å². The van der Waals surface area contributed by atoms with Crippen LogP contribution in [-0.2, 0) is 10.2 Å². The topological polar surface area (TPSA) is 41.1 Å². The Labute approximate surface area is 126 Å². The van der Waals surface area contributed by atoms with Crippen molar-refractivity contribution in [3.8, 4) is 0 Å². The first-order valence-corrected chi connectivity index (χ1v) is 7.58. The predicted octanol–water partition coefficient (Wildman–Crippen LogP) is 2.87. The zero-order chi connectivity index (χ0) is 14.8. The van der Waals surface area contributed by atoms with Gasteiger partial charge in [-0.3, -0.25) is 4.79 Å². The molecule has 110 valence electrons. The van der Waals surface area contributed by atoms with Crippen LogP contribution >= 0.6 is 11.6 Å². The van der Waals surface area contributed by atoms with E-state index in [-0.39, 0.29) is 11.9 Å². The van der Waals surface area contributed by atoms with Gasteiger partial charge in [0, 0.05) is 17.1 Å². The van der Waals surface area contributed by atoms with Crippen molar-refractivity contribution in [2.24, 2.45) is 0 Å². The Morgan fingerprint density at radius 3 is 2.85 bits per heavy atom. The van der Waals surface area contributed by atoms with Gasteiger partial charge in [-0.15, -0.1) is 0 Å². The van der Waals surface area contributed by atoms with Crippen LogP contribution in [0.5, 0.6) is 0 Å². The first-order valence-electron chi connectivity index (χ1n) is 7.20. The summed E-state index contributed by atoms with van der Waals surface area (Å²) < 4.78 is 0. The maximum absolute atomic E-state index is 12.6. The van der Waals surface area contributed by atoms with E-state index in [1.807, 2.05) is 38.1 Å². The number of piperidine rings is 1. The number of hydrogen-bond donors (Lipinski definition) is 2. The van der Waals surface area contributed by atoms with Gasteiger partial charge in [0.05, 0.1) is 5.41 Å². The molecule has 0 spiro atoms. The molecule has 2 N–H and O–H groups in total. The van der Waals surface area contributed by atoms with E-state index in [1.54, 1.807) is 0 Å². The van der Waals surface area contributed by atoms with Crippen LogP contribution in [0.25, 0.3) is 0 Å². The molecule has 1 aliphatic heterocycles. The van der Waals surface area contributed by atoms with E-state index < -0.39 is 5.41 Å². The lowest BCUT2D eigenvalue weighted by Gasteiger charge is -2.32. The van der Waals surface area contributed by atoms with Gasteiger partial charge in [-0.1, -0.05) is 23.7 Å². The van der Waals surface area contributed by atoms with E-state index in [2.05, 4.69) is 17.6 Å². The molecular formula is C16H23ClN2O. The van der Waals surface area contributed by atoms with E-state index in [4.69, 9.17) is 11.6 Å². The van der Waals surface area contributed by atoms with Crippen LogP contribution in [0.4, 0.5) is 0 Å². The lowest BCUT2D eigenvalue weighted by molar-refractivity contribution is -0.126. The molecular weight excluding hydrogens is 272 g/mol. The minimum Gasteiger partial charge on any atom is -0.353 e. The number of hydrogen-bond acceptors (Lipinski definition) is 2. The summed E-state index contributed by atoms with van der Waals surface area (Å²) >= 11 is 6.03. The zero-order valence-corrected chi connectivity index (χ0v) is 13.1. The fourth-order valence-electron chi connectivity index (χ4n) is 2.64. The van der Waals surface area contributed by atoms with Gasteiger partial charge in [-0.2, -0.15) is 0 Å². The Kier molecular flexibility index (Phi) is 4.71. The molecule has 20 heavy (non-hydrogen) atoms. The highest BCUT2D eigenvalue weighted by Gasteiger charge is 2.32. The van der Waals surface area contributed by atoms with Crippen molar-refractivity contribution < 1.29 is 4.79 Å². The average Bonchev–Trinajstić information content (AvgIpc) is 2.38. The third-order valence-corrected chi connectivity index (χ3v) is 4.31. The number of carbonyl (C=O) groups excluding carboxylic acids is 1. The number of amides is 1. The largest absolute Gasteiger partial charge is 0.353 e. The lowest BCUT2D eigenvalue weighted by atomic mass is 9.83. The molecule has 2 rings (SSSR count). The third kappa shape index (κ3) is 3.53. The number of rotatable bonds is 3. The first kappa shape index (κ1) is 15.3. The van der Waals surface area contributed by atoms with Gasteiger partial charge < -0.3 is 10.6 Å². The molecule has 1 fully saturated rings. The first-order chi connectivity index (χ1) is 9.39. The van der Waals surface area contributed by atoms with Crippen LogP contribution in [0.15, 0.2) is 24.3 Å². The summed E-state index contributed by atoms with van der Waals surface area (Å²) in [7, 11) is 0. The number of halogens is 1. The van der Waals surface area contributed by atoms with Gasteiger partial charge in [-0.25, -0.2) is 0 Å². The quantitative estimate of drug-likeness (QED) is 0.900. The van der Waals surface area contributed by atoms with E-state index >= 15 is 0 Å². The zero-order valence-electron chi connectivity index (χ0n) is 12.4. The van der Waals surface area contributed by atoms with Gasteiger partial charge in [-0.05, 0) is 57.9 Å². The fourth-order valence-corrected chi connectivity index (χ4v) is 2.83. The van der Waals surface area contributed by atoms with Gasteiger partial charge >= 0.3 is 0 Å². The SMILES string of the molecule is CC1CC(NC(=O)C(C)(C)c2cccc(Cl)c2)CCN1. The molecule has 0 radical (unpaired) electrons. The molecule has 1 amide bonds. The second-order valence-electron chi connectivity index (χ2n) is 6.19. The van der Waals surface area contributed by atoms with Crippen molar-refractivity contribution in [3.05, 3.63) is 34.9 Å². The smallest absolute Gasteiger partial charge is 0.230 e. The molecule has 0 saturated carbocycles. The number of carbonyl (C=O) groups is 1. The van der Waals surface area contributed by atoms with Crippen LogP contribution in [-0.4, -0.2) is 24.5 Å². The summed E-state index contributed by atoms with van der Waals surface area (Å²) in [5.41, 5.74) is 0.378. The minimum atomic E-state index is -0.570. The van der Waals surface area contributed by atoms with Crippen molar-refractivity contribution in [2.45, 2.75) is 51.1 Å². The maximum atomic E-state index is 12.6. The second kappa shape index (κ2) is 6.15. The summed E-state index contributed by atoms with van der Waals surface area (Å²) in [5, 5.41) is 7.25. The number of nitrogens with one attached hydrogen (secondary N) is 2. The number of benzene rings is 1. The molecule has 0 aromatic heterocycles. The molecule has 0 bridgehead atoms. The monoisotopic (exact) mass is 294 g/mol. The van der Waals surface area contributed by atoms with Crippen LogP contribution < -0.4 is 10.6 Å².